The summed E-state index contributed by atoms with van der Waals surface area (Å²) in [7, 11) is 0. The molecule has 2 saturated heterocycles. The number of rotatable bonds is 3. The van der Waals surface area contributed by atoms with Gasteiger partial charge in [-0.3, -0.25) is 4.90 Å². The first-order valence-electron chi connectivity index (χ1n) is 7.80. The number of carbonyl (C=O) groups is 1. The molecule has 4 rings (SSSR count). The average molecular weight is 314 g/mol. The van der Waals surface area contributed by atoms with Gasteiger partial charge in [0, 0.05) is 36.9 Å². The summed E-state index contributed by atoms with van der Waals surface area (Å²) in [4.78, 5) is 18.1. The molecule has 0 saturated carbocycles. The first-order chi connectivity index (χ1) is 11.2. The third-order valence-corrected chi connectivity index (χ3v) is 4.34. The fraction of sp³-hybridized carbons (Fsp3) is 0.438. The summed E-state index contributed by atoms with van der Waals surface area (Å²) >= 11 is 0. The zero-order valence-electron chi connectivity index (χ0n) is 12.9. The van der Waals surface area contributed by atoms with Crippen molar-refractivity contribution in [3.63, 3.8) is 0 Å². The molecule has 1 N–H and O–H groups in total. The number of ether oxygens (including phenoxy) is 1. The Hall–Kier alpha value is -2.41. The summed E-state index contributed by atoms with van der Waals surface area (Å²) in [6.45, 7) is 4.70. The molecule has 2 fully saturated rings. The maximum absolute atomic E-state index is 11.9. The van der Waals surface area contributed by atoms with E-state index in [0.29, 0.717) is 31.4 Å². The lowest BCUT2D eigenvalue weighted by atomic mass is 10.1. The molecule has 1 aromatic heterocycles. The van der Waals surface area contributed by atoms with Crippen molar-refractivity contribution < 1.29 is 14.1 Å². The quantitative estimate of drug-likeness (QED) is 0.938. The molecule has 120 valence electrons. The largest absolute Gasteiger partial charge is 0.381 e. The molecular formula is C16H18N4O3. The number of amides is 2. The number of carbonyl (C=O) groups excluding carboxylic acids is 1. The zero-order valence-corrected chi connectivity index (χ0v) is 12.9. The van der Waals surface area contributed by atoms with Crippen LogP contribution in [0.2, 0.25) is 0 Å². The first-order valence-corrected chi connectivity index (χ1v) is 7.80. The molecule has 2 amide bonds. The highest BCUT2D eigenvalue weighted by atomic mass is 16.5. The number of aryl methyl sites for hydroxylation is 1. The van der Waals surface area contributed by atoms with Gasteiger partial charge in [0.25, 0.3) is 5.89 Å². The Balaban J connectivity index is 1.65. The SMILES string of the molecule is Cc1ccc(-c2nc(C3CCOC3)no2)cc1N1CCNC1=O. The van der Waals surface area contributed by atoms with Crippen LogP contribution < -0.4 is 10.2 Å². The van der Waals surface area contributed by atoms with Crippen LogP contribution in [-0.2, 0) is 4.74 Å². The molecule has 0 bridgehead atoms. The minimum Gasteiger partial charge on any atom is -0.381 e. The second kappa shape index (κ2) is 5.66. The number of urea groups is 1. The van der Waals surface area contributed by atoms with Crippen molar-refractivity contribution in [1.82, 2.24) is 15.5 Å². The van der Waals surface area contributed by atoms with Crippen molar-refractivity contribution in [1.29, 1.82) is 0 Å². The van der Waals surface area contributed by atoms with E-state index in [1.807, 2.05) is 25.1 Å². The maximum Gasteiger partial charge on any atom is 0.322 e. The third kappa shape index (κ3) is 2.57. The smallest absolute Gasteiger partial charge is 0.322 e. The van der Waals surface area contributed by atoms with Gasteiger partial charge in [0.15, 0.2) is 5.82 Å². The number of nitrogens with zero attached hydrogens (tertiary/aromatic N) is 3. The highest BCUT2D eigenvalue weighted by molar-refractivity contribution is 5.95. The normalized spacial score (nSPS) is 21.0. The van der Waals surface area contributed by atoms with Crippen LogP contribution >= 0.6 is 0 Å². The molecule has 2 aromatic rings. The summed E-state index contributed by atoms with van der Waals surface area (Å²) in [6, 6.07) is 5.77. The van der Waals surface area contributed by atoms with E-state index < -0.39 is 0 Å². The average Bonchev–Trinajstić information content (AvgIpc) is 3.28. The molecule has 0 radical (unpaired) electrons. The fourth-order valence-corrected chi connectivity index (χ4v) is 2.99. The fourth-order valence-electron chi connectivity index (χ4n) is 2.99. The van der Waals surface area contributed by atoms with Gasteiger partial charge in [-0.05, 0) is 31.0 Å². The van der Waals surface area contributed by atoms with Gasteiger partial charge in [-0.25, -0.2) is 4.79 Å². The number of anilines is 1. The van der Waals surface area contributed by atoms with Crippen LogP contribution in [0.25, 0.3) is 11.5 Å². The van der Waals surface area contributed by atoms with Crippen LogP contribution in [0.4, 0.5) is 10.5 Å². The van der Waals surface area contributed by atoms with Gasteiger partial charge in [-0.15, -0.1) is 0 Å². The van der Waals surface area contributed by atoms with Gasteiger partial charge in [-0.2, -0.15) is 4.98 Å². The van der Waals surface area contributed by atoms with Gasteiger partial charge in [-0.1, -0.05) is 11.2 Å². The molecule has 7 nitrogen and oxygen atoms in total. The lowest BCUT2D eigenvalue weighted by Gasteiger charge is -2.17. The van der Waals surface area contributed by atoms with E-state index in [1.165, 1.54) is 0 Å². The summed E-state index contributed by atoms with van der Waals surface area (Å²) in [5, 5.41) is 6.90. The molecule has 1 atom stereocenters. The van der Waals surface area contributed by atoms with Crippen molar-refractivity contribution in [2.75, 3.05) is 31.2 Å². The summed E-state index contributed by atoms with van der Waals surface area (Å²) in [5.74, 6) is 1.38. The Morgan fingerprint density at radius 1 is 1.39 bits per heavy atom. The highest BCUT2D eigenvalue weighted by Gasteiger charge is 2.25. The van der Waals surface area contributed by atoms with Gasteiger partial charge in [0.2, 0.25) is 0 Å². The van der Waals surface area contributed by atoms with Crippen LogP contribution in [0.15, 0.2) is 22.7 Å². The van der Waals surface area contributed by atoms with Crippen LogP contribution in [0.5, 0.6) is 0 Å². The van der Waals surface area contributed by atoms with Crippen LogP contribution in [-0.4, -0.2) is 42.5 Å². The lowest BCUT2D eigenvalue weighted by Crippen LogP contribution is -2.28. The third-order valence-electron chi connectivity index (χ3n) is 4.34. The zero-order chi connectivity index (χ0) is 15.8. The number of hydrogen-bond acceptors (Lipinski definition) is 5. The van der Waals surface area contributed by atoms with E-state index in [1.54, 1.807) is 4.90 Å². The molecule has 3 heterocycles. The van der Waals surface area contributed by atoms with Crippen molar-refractivity contribution in [2.24, 2.45) is 0 Å². The summed E-state index contributed by atoms with van der Waals surface area (Å²) < 4.78 is 10.8. The Bertz CT molecular complexity index is 737. The molecule has 23 heavy (non-hydrogen) atoms. The molecule has 7 heteroatoms. The van der Waals surface area contributed by atoms with Crippen molar-refractivity contribution >= 4 is 11.7 Å². The highest BCUT2D eigenvalue weighted by Crippen LogP contribution is 2.30. The maximum atomic E-state index is 11.9. The summed E-state index contributed by atoms with van der Waals surface area (Å²) in [5.41, 5.74) is 2.74. The molecule has 0 aliphatic carbocycles. The van der Waals surface area contributed by atoms with E-state index >= 15 is 0 Å². The molecular weight excluding hydrogens is 296 g/mol. The standard InChI is InChI=1S/C16H18N4O3/c1-10-2-3-11(8-13(10)20-6-5-17-16(20)21)15-18-14(19-23-15)12-4-7-22-9-12/h2-3,8,12H,4-7,9H2,1H3,(H,17,21). The second-order valence-electron chi connectivity index (χ2n) is 5.90. The van der Waals surface area contributed by atoms with E-state index in [9.17, 15) is 4.79 Å². The second-order valence-corrected chi connectivity index (χ2v) is 5.90. The van der Waals surface area contributed by atoms with E-state index in [2.05, 4.69) is 15.5 Å². The van der Waals surface area contributed by atoms with Gasteiger partial charge in [0.1, 0.15) is 0 Å². The van der Waals surface area contributed by atoms with E-state index in [4.69, 9.17) is 9.26 Å². The number of aromatic nitrogens is 2. The monoisotopic (exact) mass is 314 g/mol. The Labute approximate surface area is 133 Å². The van der Waals surface area contributed by atoms with E-state index in [-0.39, 0.29) is 11.9 Å². The van der Waals surface area contributed by atoms with Gasteiger partial charge in [0.05, 0.1) is 6.61 Å². The number of nitrogens with one attached hydrogen (secondary N) is 1. The van der Waals surface area contributed by atoms with Crippen LogP contribution in [0, 0.1) is 6.92 Å². The molecule has 2 aliphatic heterocycles. The Kier molecular flexibility index (Phi) is 3.49. The van der Waals surface area contributed by atoms with Crippen molar-refractivity contribution in [2.45, 2.75) is 19.3 Å². The first kappa shape index (κ1) is 14.2. The number of benzene rings is 1. The predicted molar refractivity (Wildman–Crippen MR) is 83.4 cm³/mol. The molecule has 2 aliphatic rings. The van der Waals surface area contributed by atoms with Gasteiger partial charge < -0.3 is 14.6 Å². The van der Waals surface area contributed by atoms with Gasteiger partial charge >= 0.3 is 6.03 Å². The molecule has 0 spiro atoms. The lowest BCUT2D eigenvalue weighted by molar-refractivity contribution is 0.192. The van der Waals surface area contributed by atoms with E-state index in [0.717, 1.165) is 29.8 Å². The predicted octanol–water partition coefficient (Wildman–Crippen LogP) is 2.08. The van der Waals surface area contributed by atoms with Crippen LogP contribution in [0.3, 0.4) is 0 Å². The minimum absolute atomic E-state index is 0.0698. The van der Waals surface area contributed by atoms with Crippen LogP contribution in [0.1, 0.15) is 23.7 Å². The summed E-state index contributed by atoms with van der Waals surface area (Å²) in [6.07, 6.45) is 0.923. The van der Waals surface area contributed by atoms with Crippen molar-refractivity contribution in [3.8, 4) is 11.5 Å². The number of hydrogen-bond donors (Lipinski definition) is 1. The topological polar surface area (TPSA) is 80.5 Å². The van der Waals surface area contributed by atoms with Crippen molar-refractivity contribution in [3.05, 3.63) is 29.6 Å². The Morgan fingerprint density at radius 2 is 2.30 bits per heavy atom. The minimum atomic E-state index is -0.0698. The molecule has 1 aromatic carbocycles. The molecule has 1 unspecified atom stereocenters. The Morgan fingerprint density at radius 3 is 3.04 bits per heavy atom.